The first-order valence-corrected chi connectivity index (χ1v) is 8.83. The van der Waals surface area contributed by atoms with E-state index in [-0.39, 0.29) is 18.6 Å². The maximum atomic E-state index is 12.4. The molecule has 0 aromatic heterocycles. The van der Waals surface area contributed by atoms with Crippen LogP contribution in [0.25, 0.3) is 0 Å². The molecule has 1 amide bonds. The largest absolute Gasteiger partial charge is 0.390 e. The van der Waals surface area contributed by atoms with Gasteiger partial charge in [-0.1, -0.05) is 65.3 Å². The lowest BCUT2D eigenvalue weighted by atomic mass is 10.0. The number of carbonyl (C=O) groups is 1. The second-order valence-electron chi connectivity index (χ2n) is 6.14. The molecule has 26 heavy (non-hydrogen) atoms. The van der Waals surface area contributed by atoms with Crippen LogP contribution in [0.5, 0.6) is 0 Å². The summed E-state index contributed by atoms with van der Waals surface area (Å²) in [7, 11) is 1.52. The number of ether oxygens (including phenoxy) is 1. The van der Waals surface area contributed by atoms with Crippen LogP contribution in [0.1, 0.15) is 17.5 Å². The maximum Gasteiger partial charge on any atom is 0.248 e. The van der Waals surface area contributed by atoms with E-state index in [2.05, 4.69) is 5.16 Å². The van der Waals surface area contributed by atoms with Crippen LogP contribution in [-0.2, 0) is 20.9 Å². The zero-order valence-electron chi connectivity index (χ0n) is 14.6. The standard InChI is InChI=1S/C20H21ClN2O3/c1-25-14-20(24)23(12-15-7-3-2-4-8-15)13-16-11-19(22-26-16)17-9-5-6-10-18(17)21/h2-10,16H,11-14H2,1H3. The minimum Gasteiger partial charge on any atom is -0.390 e. The van der Waals surface area contributed by atoms with E-state index in [0.29, 0.717) is 24.5 Å². The summed E-state index contributed by atoms with van der Waals surface area (Å²) >= 11 is 6.24. The molecule has 2 aromatic rings. The summed E-state index contributed by atoms with van der Waals surface area (Å²) in [5.74, 6) is -0.0776. The van der Waals surface area contributed by atoms with E-state index < -0.39 is 0 Å². The fraction of sp³-hybridized carbons (Fsp3) is 0.300. The highest BCUT2D eigenvalue weighted by atomic mass is 35.5. The van der Waals surface area contributed by atoms with Crippen molar-refractivity contribution in [1.29, 1.82) is 0 Å². The molecule has 1 unspecified atom stereocenters. The maximum absolute atomic E-state index is 12.4. The van der Waals surface area contributed by atoms with Crippen molar-refractivity contribution in [3.8, 4) is 0 Å². The number of hydrogen-bond donors (Lipinski definition) is 0. The molecule has 1 aliphatic heterocycles. The Morgan fingerprint density at radius 1 is 1.23 bits per heavy atom. The zero-order valence-corrected chi connectivity index (χ0v) is 15.4. The number of halogens is 1. The Morgan fingerprint density at radius 3 is 2.69 bits per heavy atom. The van der Waals surface area contributed by atoms with E-state index in [9.17, 15) is 4.79 Å². The van der Waals surface area contributed by atoms with Gasteiger partial charge in [0.15, 0.2) is 6.10 Å². The van der Waals surface area contributed by atoms with Crippen molar-refractivity contribution in [2.45, 2.75) is 19.1 Å². The van der Waals surface area contributed by atoms with Gasteiger partial charge < -0.3 is 14.5 Å². The molecule has 1 heterocycles. The van der Waals surface area contributed by atoms with Gasteiger partial charge in [0.05, 0.1) is 12.3 Å². The van der Waals surface area contributed by atoms with Crippen LogP contribution in [0.4, 0.5) is 0 Å². The first kappa shape index (κ1) is 18.4. The van der Waals surface area contributed by atoms with Crippen molar-refractivity contribution in [3.63, 3.8) is 0 Å². The molecular formula is C20H21ClN2O3. The number of rotatable bonds is 7. The minimum absolute atomic E-state index is 0.0395. The summed E-state index contributed by atoms with van der Waals surface area (Å²) in [6.45, 7) is 0.983. The second kappa shape index (κ2) is 8.83. The number of benzene rings is 2. The summed E-state index contributed by atoms with van der Waals surface area (Å²) in [6, 6.07) is 17.4. The van der Waals surface area contributed by atoms with Gasteiger partial charge >= 0.3 is 0 Å². The number of hydrogen-bond acceptors (Lipinski definition) is 4. The number of methoxy groups -OCH3 is 1. The summed E-state index contributed by atoms with van der Waals surface area (Å²) < 4.78 is 5.01. The molecule has 1 aliphatic rings. The predicted molar refractivity (Wildman–Crippen MR) is 101 cm³/mol. The topological polar surface area (TPSA) is 51.1 Å². The van der Waals surface area contributed by atoms with Crippen LogP contribution in [-0.4, -0.2) is 42.9 Å². The molecule has 0 radical (unpaired) electrons. The van der Waals surface area contributed by atoms with Crippen molar-refractivity contribution < 1.29 is 14.4 Å². The van der Waals surface area contributed by atoms with Gasteiger partial charge in [-0.05, 0) is 11.6 Å². The Labute approximate surface area is 158 Å². The van der Waals surface area contributed by atoms with Gasteiger partial charge in [0, 0.05) is 30.7 Å². The van der Waals surface area contributed by atoms with Crippen molar-refractivity contribution in [1.82, 2.24) is 4.90 Å². The van der Waals surface area contributed by atoms with Crippen LogP contribution in [0.2, 0.25) is 5.02 Å². The molecule has 136 valence electrons. The number of carbonyl (C=O) groups excluding carboxylic acids is 1. The number of amides is 1. The lowest BCUT2D eigenvalue weighted by molar-refractivity contribution is -0.137. The van der Waals surface area contributed by atoms with Crippen molar-refractivity contribution in [3.05, 3.63) is 70.7 Å². The third kappa shape index (κ3) is 4.62. The minimum atomic E-state index is -0.203. The molecule has 0 fully saturated rings. The normalized spacial score (nSPS) is 16.1. The third-order valence-electron chi connectivity index (χ3n) is 4.18. The average Bonchev–Trinajstić information content (AvgIpc) is 3.11. The van der Waals surface area contributed by atoms with E-state index in [1.807, 2.05) is 54.6 Å². The van der Waals surface area contributed by atoms with Gasteiger partial charge in [0.1, 0.15) is 6.61 Å². The first-order chi connectivity index (χ1) is 12.7. The Morgan fingerprint density at radius 2 is 1.96 bits per heavy atom. The number of oxime groups is 1. The van der Waals surface area contributed by atoms with Crippen LogP contribution in [0.3, 0.4) is 0 Å². The number of nitrogens with zero attached hydrogens (tertiary/aromatic N) is 2. The van der Waals surface area contributed by atoms with E-state index in [1.54, 1.807) is 4.90 Å². The van der Waals surface area contributed by atoms with Gasteiger partial charge in [-0.2, -0.15) is 0 Å². The third-order valence-corrected chi connectivity index (χ3v) is 4.51. The lowest BCUT2D eigenvalue weighted by Gasteiger charge is -2.24. The lowest BCUT2D eigenvalue weighted by Crippen LogP contribution is -2.39. The summed E-state index contributed by atoms with van der Waals surface area (Å²) in [5, 5.41) is 4.82. The van der Waals surface area contributed by atoms with E-state index in [1.165, 1.54) is 7.11 Å². The molecule has 5 nitrogen and oxygen atoms in total. The fourth-order valence-electron chi connectivity index (χ4n) is 2.90. The van der Waals surface area contributed by atoms with E-state index >= 15 is 0 Å². The van der Waals surface area contributed by atoms with Gasteiger partial charge in [0.25, 0.3) is 0 Å². The quantitative estimate of drug-likeness (QED) is 0.747. The fourth-order valence-corrected chi connectivity index (χ4v) is 3.14. The molecule has 1 atom stereocenters. The second-order valence-corrected chi connectivity index (χ2v) is 6.55. The van der Waals surface area contributed by atoms with Crippen LogP contribution in [0.15, 0.2) is 59.8 Å². The average molecular weight is 373 g/mol. The van der Waals surface area contributed by atoms with Crippen molar-refractivity contribution in [2.24, 2.45) is 5.16 Å². The molecule has 2 aromatic carbocycles. The SMILES string of the molecule is COCC(=O)N(Cc1ccccc1)CC1CC(c2ccccc2Cl)=NO1. The van der Waals surface area contributed by atoms with Crippen molar-refractivity contribution in [2.75, 3.05) is 20.3 Å². The van der Waals surface area contributed by atoms with E-state index in [0.717, 1.165) is 16.8 Å². The zero-order chi connectivity index (χ0) is 18.4. The van der Waals surface area contributed by atoms with Gasteiger partial charge in [-0.15, -0.1) is 0 Å². The molecule has 0 bridgehead atoms. The smallest absolute Gasteiger partial charge is 0.248 e. The first-order valence-electron chi connectivity index (χ1n) is 8.45. The molecule has 0 N–H and O–H groups in total. The van der Waals surface area contributed by atoms with Gasteiger partial charge in [0.2, 0.25) is 5.91 Å². The van der Waals surface area contributed by atoms with Crippen LogP contribution >= 0.6 is 11.6 Å². The van der Waals surface area contributed by atoms with E-state index in [4.69, 9.17) is 21.2 Å². The van der Waals surface area contributed by atoms with Gasteiger partial charge in [-0.3, -0.25) is 4.79 Å². The Kier molecular flexibility index (Phi) is 6.26. The molecule has 0 aliphatic carbocycles. The molecule has 0 saturated carbocycles. The van der Waals surface area contributed by atoms with Gasteiger partial charge in [-0.25, -0.2) is 0 Å². The summed E-state index contributed by atoms with van der Waals surface area (Å²) in [6.07, 6.45) is 0.403. The Balaban J connectivity index is 1.66. The molecular weight excluding hydrogens is 352 g/mol. The molecule has 6 heteroatoms. The Bertz CT molecular complexity index is 780. The summed E-state index contributed by atoms with van der Waals surface area (Å²) in [5.41, 5.74) is 2.73. The van der Waals surface area contributed by atoms with Crippen molar-refractivity contribution >= 4 is 23.2 Å². The van der Waals surface area contributed by atoms with Crippen LogP contribution in [0, 0.1) is 0 Å². The van der Waals surface area contributed by atoms with Crippen LogP contribution < -0.4 is 0 Å². The predicted octanol–water partition coefficient (Wildman–Crippen LogP) is 3.51. The molecule has 0 saturated heterocycles. The summed E-state index contributed by atoms with van der Waals surface area (Å²) in [4.78, 5) is 19.7. The monoisotopic (exact) mass is 372 g/mol. The Hall–Kier alpha value is -2.37. The highest BCUT2D eigenvalue weighted by molar-refractivity contribution is 6.34. The molecule has 0 spiro atoms. The highest BCUT2D eigenvalue weighted by Crippen LogP contribution is 2.23. The molecule has 3 rings (SSSR count). The highest BCUT2D eigenvalue weighted by Gasteiger charge is 2.27.